The second-order valence-corrected chi connectivity index (χ2v) is 6.07. The SMILES string of the molecule is COc1ccc(C)cc1NC(=O)c1ccc(NC2CC2)c([N+](=O)[O-])c1. The Bertz CT molecular complexity index is 831. The number of carbonyl (C=O) groups is 1. The van der Waals surface area contributed by atoms with Crippen LogP contribution in [0.4, 0.5) is 17.1 Å². The van der Waals surface area contributed by atoms with Crippen LogP contribution in [0.25, 0.3) is 0 Å². The second-order valence-electron chi connectivity index (χ2n) is 6.07. The number of methoxy groups -OCH3 is 1. The molecule has 0 bridgehead atoms. The molecule has 2 N–H and O–H groups in total. The minimum Gasteiger partial charge on any atom is -0.495 e. The molecular formula is C18H19N3O4. The third-order valence-corrected chi connectivity index (χ3v) is 4.00. The predicted molar refractivity (Wildman–Crippen MR) is 95.4 cm³/mol. The number of amides is 1. The molecule has 25 heavy (non-hydrogen) atoms. The molecule has 0 heterocycles. The lowest BCUT2D eigenvalue weighted by Gasteiger charge is -2.12. The average molecular weight is 341 g/mol. The first-order valence-electron chi connectivity index (χ1n) is 7.99. The number of nitro groups is 1. The first-order valence-corrected chi connectivity index (χ1v) is 7.99. The summed E-state index contributed by atoms with van der Waals surface area (Å²) < 4.78 is 5.24. The van der Waals surface area contributed by atoms with E-state index in [2.05, 4.69) is 10.6 Å². The molecule has 0 unspecified atom stereocenters. The van der Waals surface area contributed by atoms with Gasteiger partial charge in [-0.1, -0.05) is 6.07 Å². The van der Waals surface area contributed by atoms with Gasteiger partial charge in [-0.3, -0.25) is 14.9 Å². The van der Waals surface area contributed by atoms with E-state index in [4.69, 9.17) is 4.74 Å². The summed E-state index contributed by atoms with van der Waals surface area (Å²) in [6, 6.07) is 10.2. The van der Waals surface area contributed by atoms with Gasteiger partial charge in [0.05, 0.1) is 17.7 Å². The van der Waals surface area contributed by atoms with Crippen molar-refractivity contribution in [1.82, 2.24) is 0 Å². The number of nitrogens with zero attached hydrogens (tertiary/aromatic N) is 1. The highest BCUT2D eigenvalue weighted by atomic mass is 16.6. The predicted octanol–water partition coefficient (Wildman–Crippen LogP) is 3.74. The molecule has 1 fully saturated rings. The fraction of sp³-hybridized carbons (Fsp3) is 0.278. The van der Waals surface area contributed by atoms with Crippen LogP contribution in [0.1, 0.15) is 28.8 Å². The zero-order valence-corrected chi connectivity index (χ0v) is 14.0. The lowest BCUT2D eigenvalue weighted by molar-refractivity contribution is -0.384. The van der Waals surface area contributed by atoms with E-state index in [1.54, 1.807) is 24.3 Å². The van der Waals surface area contributed by atoms with E-state index in [9.17, 15) is 14.9 Å². The molecule has 130 valence electrons. The van der Waals surface area contributed by atoms with Crippen molar-refractivity contribution in [3.63, 3.8) is 0 Å². The Labute approximate surface area is 145 Å². The molecule has 2 aromatic rings. The van der Waals surface area contributed by atoms with Crippen molar-refractivity contribution >= 4 is 23.0 Å². The lowest BCUT2D eigenvalue weighted by atomic mass is 10.1. The van der Waals surface area contributed by atoms with Gasteiger partial charge in [-0.05, 0) is 49.6 Å². The lowest BCUT2D eigenvalue weighted by Crippen LogP contribution is -2.14. The number of aryl methyl sites for hydroxylation is 1. The molecular weight excluding hydrogens is 322 g/mol. The Morgan fingerprint density at radius 2 is 1.96 bits per heavy atom. The third-order valence-electron chi connectivity index (χ3n) is 4.00. The molecule has 7 nitrogen and oxygen atoms in total. The molecule has 3 rings (SSSR count). The molecule has 2 aromatic carbocycles. The van der Waals surface area contributed by atoms with Crippen LogP contribution in [0.15, 0.2) is 36.4 Å². The van der Waals surface area contributed by atoms with E-state index in [1.165, 1.54) is 13.2 Å². The number of benzene rings is 2. The molecule has 1 saturated carbocycles. The number of rotatable bonds is 6. The van der Waals surface area contributed by atoms with Crippen molar-refractivity contribution in [3.8, 4) is 5.75 Å². The smallest absolute Gasteiger partial charge is 0.293 e. The molecule has 1 aliphatic carbocycles. The van der Waals surface area contributed by atoms with Crippen molar-refractivity contribution < 1.29 is 14.5 Å². The van der Waals surface area contributed by atoms with Gasteiger partial charge < -0.3 is 15.4 Å². The van der Waals surface area contributed by atoms with Gasteiger partial charge in [-0.25, -0.2) is 0 Å². The highest BCUT2D eigenvalue weighted by Gasteiger charge is 2.25. The minimum atomic E-state index is -0.477. The number of hydrogen-bond acceptors (Lipinski definition) is 5. The van der Waals surface area contributed by atoms with E-state index in [0.717, 1.165) is 18.4 Å². The maximum atomic E-state index is 12.5. The molecule has 0 saturated heterocycles. The molecule has 0 spiro atoms. The van der Waals surface area contributed by atoms with E-state index in [0.29, 0.717) is 17.1 Å². The van der Waals surface area contributed by atoms with Crippen LogP contribution in [0.5, 0.6) is 5.75 Å². The number of nitro benzene ring substituents is 1. The number of hydrogen-bond donors (Lipinski definition) is 2. The number of carbonyl (C=O) groups excluding carboxylic acids is 1. The fourth-order valence-electron chi connectivity index (χ4n) is 2.51. The topological polar surface area (TPSA) is 93.5 Å². The number of anilines is 2. The van der Waals surface area contributed by atoms with Crippen LogP contribution in [-0.2, 0) is 0 Å². The molecule has 0 aromatic heterocycles. The zero-order valence-electron chi connectivity index (χ0n) is 14.0. The fourth-order valence-corrected chi connectivity index (χ4v) is 2.51. The van der Waals surface area contributed by atoms with Gasteiger partial charge >= 0.3 is 0 Å². The maximum Gasteiger partial charge on any atom is 0.293 e. The van der Waals surface area contributed by atoms with Crippen molar-refractivity contribution in [1.29, 1.82) is 0 Å². The quantitative estimate of drug-likeness (QED) is 0.617. The van der Waals surface area contributed by atoms with Crippen LogP contribution in [0.3, 0.4) is 0 Å². The Hall–Kier alpha value is -3.09. The molecule has 0 atom stereocenters. The first-order chi connectivity index (χ1) is 12.0. The molecule has 0 aliphatic heterocycles. The third kappa shape index (κ3) is 3.88. The number of nitrogens with one attached hydrogen (secondary N) is 2. The Balaban J connectivity index is 1.85. The Morgan fingerprint density at radius 1 is 1.20 bits per heavy atom. The van der Waals surface area contributed by atoms with E-state index >= 15 is 0 Å². The van der Waals surface area contributed by atoms with Crippen LogP contribution >= 0.6 is 0 Å². The molecule has 1 aliphatic rings. The van der Waals surface area contributed by atoms with E-state index < -0.39 is 10.8 Å². The van der Waals surface area contributed by atoms with Gasteiger partial charge in [0.25, 0.3) is 11.6 Å². The molecule has 1 amide bonds. The zero-order chi connectivity index (χ0) is 18.0. The van der Waals surface area contributed by atoms with Gasteiger partial charge in [-0.2, -0.15) is 0 Å². The standard InChI is InChI=1S/C18H19N3O4/c1-11-3-8-17(25-2)15(9-11)20-18(22)12-4-7-14(19-13-5-6-13)16(10-12)21(23)24/h3-4,7-10,13,19H,5-6H2,1-2H3,(H,20,22). The summed E-state index contributed by atoms with van der Waals surface area (Å²) in [7, 11) is 1.52. The second kappa shape index (κ2) is 6.80. The van der Waals surface area contributed by atoms with Gasteiger partial charge in [0.2, 0.25) is 0 Å². The van der Waals surface area contributed by atoms with Crippen LogP contribution in [0, 0.1) is 17.0 Å². The summed E-state index contributed by atoms with van der Waals surface area (Å²) >= 11 is 0. The van der Waals surface area contributed by atoms with Crippen LogP contribution in [-0.4, -0.2) is 24.0 Å². The van der Waals surface area contributed by atoms with Gasteiger partial charge in [0.1, 0.15) is 11.4 Å². The minimum absolute atomic E-state index is 0.101. The Morgan fingerprint density at radius 3 is 2.60 bits per heavy atom. The number of ether oxygens (including phenoxy) is 1. The van der Waals surface area contributed by atoms with Crippen molar-refractivity contribution in [2.45, 2.75) is 25.8 Å². The van der Waals surface area contributed by atoms with E-state index in [1.807, 2.05) is 13.0 Å². The monoisotopic (exact) mass is 341 g/mol. The normalized spacial score (nSPS) is 13.2. The average Bonchev–Trinajstić information content (AvgIpc) is 3.39. The molecule has 7 heteroatoms. The molecule has 0 radical (unpaired) electrons. The van der Waals surface area contributed by atoms with Crippen LogP contribution < -0.4 is 15.4 Å². The van der Waals surface area contributed by atoms with Gasteiger partial charge in [0.15, 0.2) is 0 Å². The highest BCUT2D eigenvalue weighted by molar-refractivity contribution is 6.05. The summed E-state index contributed by atoms with van der Waals surface area (Å²) in [6.45, 7) is 1.90. The van der Waals surface area contributed by atoms with Gasteiger partial charge in [-0.15, -0.1) is 0 Å². The summed E-state index contributed by atoms with van der Waals surface area (Å²) in [4.78, 5) is 23.3. The summed E-state index contributed by atoms with van der Waals surface area (Å²) in [5, 5.41) is 17.2. The first kappa shape index (κ1) is 16.8. The maximum absolute atomic E-state index is 12.5. The highest BCUT2D eigenvalue weighted by Crippen LogP contribution is 2.32. The summed E-state index contributed by atoms with van der Waals surface area (Å²) in [5.74, 6) is 0.102. The van der Waals surface area contributed by atoms with Gasteiger partial charge in [0, 0.05) is 17.7 Å². The van der Waals surface area contributed by atoms with E-state index in [-0.39, 0.29) is 17.3 Å². The van der Waals surface area contributed by atoms with Crippen molar-refractivity contribution in [2.75, 3.05) is 17.7 Å². The van der Waals surface area contributed by atoms with Crippen LogP contribution in [0.2, 0.25) is 0 Å². The van der Waals surface area contributed by atoms with Crippen molar-refractivity contribution in [2.24, 2.45) is 0 Å². The largest absolute Gasteiger partial charge is 0.495 e. The Kier molecular flexibility index (Phi) is 4.56. The van der Waals surface area contributed by atoms with Crippen molar-refractivity contribution in [3.05, 3.63) is 57.6 Å². The summed E-state index contributed by atoms with van der Waals surface area (Å²) in [6.07, 6.45) is 2.01. The summed E-state index contributed by atoms with van der Waals surface area (Å²) in [5.41, 5.74) is 2.05.